The number of hydrogen-bond donors (Lipinski definition) is 4. The molecule has 0 saturated heterocycles. The van der Waals surface area contributed by atoms with Crippen LogP contribution in [0, 0.1) is 5.41 Å². The van der Waals surface area contributed by atoms with Crippen LogP contribution in [-0.4, -0.2) is 35.3 Å². The van der Waals surface area contributed by atoms with Crippen LogP contribution in [0.5, 0.6) is 11.5 Å². The third-order valence-corrected chi connectivity index (χ3v) is 7.42. The number of benzene rings is 3. The molecule has 1 aliphatic carbocycles. The van der Waals surface area contributed by atoms with Gasteiger partial charge in [0.2, 0.25) is 5.91 Å². The van der Waals surface area contributed by atoms with Crippen molar-refractivity contribution in [2.75, 3.05) is 25.6 Å². The zero-order valence-electron chi connectivity index (χ0n) is 19.3. The average molecular weight is 483 g/mol. The molecule has 1 fully saturated rings. The number of ether oxygens (including phenoxy) is 2. The Morgan fingerprint density at radius 3 is 2.06 bits per heavy atom. The minimum Gasteiger partial charge on any atom is -0.486 e. The molecule has 4 N–H and O–H groups in total. The fourth-order valence-electron chi connectivity index (χ4n) is 3.42. The van der Waals surface area contributed by atoms with E-state index in [4.69, 9.17) is 9.47 Å². The second kappa shape index (κ2) is 10.1. The minimum absolute atomic E-state index is 0.0676. The van der Waals surface area contributed by atoms with E-state index in [0.29, 0.717) is 18.1 Å². The molecule has 0 aromatic heterocycles. The van der Waals surface area contributed by atoms with Crippen molar-refractivity contribution in [2.24, 2.45) is 5.41 Å². The molecule has 1 amide bonds. The van der Waals surface area contributed by atoms with Gasteiger partial charge in [0.15, 0.2) is 11.5 Å². The van der Waals surface area contributed by atoms with Crippen LogP contribution in [0.15, 0.2) is 77.7 Å². The van der Waals surface area contributed by atoms with Crippen LogP contribution >= 0.6 is 10.8 Å². The lowest BCUT2D eigenvalue weighted by Gasteiger charge is -2.31. The van der Waals surface area contributed by atoms with E-state index >= 15 is 0 Å². The van der Waals surface area contributed by atoms with E-state index in [0.717, 1.165) is 41.2 Å². The summed E-state index contributed by atoms with van der Waals surface area (Å²) in [7, 11) is -1.43. The van der Waals surface area contributed by atoms with Gasteiger partial charge in [0.1, 0.15) is 13.2 Å². The van der Waals surface area contributed by atoms with E-state index < -0.39 is 10.8 Å². The molecule has 3 aromatic rings. The molecule has 0 bridgehead atoms. The van der Waals surface area contributed by atoms with Crippen molar-refractivity contribution in [1.29, 1.82) is 0 Å². The van der Waals surface area contributed by atoms with Crippen LogP contribution in [0.4, 0.5) is 5.69 Å². The summed E-state index contributed by atoms with van der Waals surface area (Å²) in [6, 6.07) is 22.4. The Kier molecular flexibility index (Phi) is 7.13. The molecule has 0 atom stereocenters. The molecule has 3 aromatic carbocycles. The van der Waals surface area contributed by atoms with Gasteiger partial charge >= 0.3 is 0 Å². The first-order chi connectivity index (χ1) is 16.3. The molecular weight excluding hydrogens is 452 g/mol. The molecule has 0 spiro atoms. The number of amides is 1. The average Bonchev–Trinajstić information content (AvgIpc) is 3.63. The first-order valence-corrected chi connectivity index (χ1v) is 12.7. The Morgan fingerprint density at radius 2 is 1.50 bits per heavy atom. The summed E-state index contributed by atoms with van der Waals surface area (Å²) in [5.41, 5.74) is 2.47. The maximum atomic E-state index is 12.2. The molecule has 1 heterocycles. The Bertz CT molecular complexity index is 1120. The van der Waals surface area contributed by atoms with Crippen molar-refractivity contribution < 1.29 is 23.4 Å². The van der Waals surface area contributed by atoms with Crippen LogP contribution in [0.25, 0.3) is 11.1 Å². The Labute approximate surface area is 201 Å². The number of rotatable bonds is 5. The van der Waals surface area contributed by atoms with Crippen LogP contribution < -0.4 is 19.5 Å². The third-order valence-electron chi connectivity index (χ3n) is 5.92. The highest BCUT2D eigenvalue weighted by Crippen LogP contribution is 2.46. The first-order valence-electron chi connectivity index (χ1n) is 11.1. The summed E-state index contributed by atoms with van der Waals surface area (Å²) in [4.78, 5) is 12.6. The summed E-state index contributed by atoms with van der Waals surface area (Å²) in [6.45, 7) is 3.30. The van der Waals surface area contributed by atoms with E-state index in [1.54, 1.807) is 12.1 Å². The lowest BCUT2D eigenvalue weighted by molar-refractivity contribution is -0.120. The summed E-state index contributed by atoms with van der Waals surface area (Å²) in [6.07, 6.45) is 1.88. The number of para-hydroxylation sites is 2. The van der Waals surface area contributed by atoms with Gasteiger partial charge in [-0.2, -0.15) is 0 Å². The van der Waals surface area contributed by atoms with Gasteiger partial charge in [0, 0.05) is 18.2 Å². The van der Waals surface area contributed by atoms with Crippen molar-refractivity contribution in [1.82, 2.24) is 4.72 Å². The highest BCUT2D eigenvalue weighted by atomic mass is 32.3. The third kappa shape index (κ3) is 5.71. The molecule has 0 unspecified atom stereocenters. The molecule has 1 aliphatic heterocycles. The van der Waals surface area contributed by atoms with Crippen molar-refractivity contribution >= 4 is 22.4 Å². The van der Waals surface area contributed by atoms with Crippen LogP contribution in [0.3, 0.4) is 0 Å². The van der Waals surface area contributed by atoms with Gasteiger partial charge in [-0.25, -0.2) is 4.72 Å². The second-order valence-corrected chi connectivity index (χ2v) is 10.5. The van der Waals surface area contributed by atoms with E-state index in [1.807, 2.05) is 67.6 Å². The Balaban J connectivity index is 0.000000226. The number of anilines is 1. The summed E-state index contributed by atoms with van der Waals surface area (Å²) in [5.74, 6) is 1.78. The maximum absolute atomic E-state index is 12.2. The van der Waals surface area contributed by atoms with Gasteiger partial charge in [-0.1, -0.05) is 43.3 Å². The summed E-state index contributed by atoms with van der Waals surface area (Å²) >= 11 is 0. The highest BCUT2D eigenvalue weighted by Gasteiger charge is 2.44. The van der Waals surface area contributed by atoms with Gasteiger partial charge in [-0.05, 0) is 60.4 Å². The second-order valence-electron chi connectivity index (χ2n) is 8.52. The van der Waals surface area contributed by atoms with E-state index in [-0.39, 0.29) is 11.3 Å². The number of hydrogen-bond acceptors (Lipinski definition) is 6. The quantitative estimate of drug-likeness (QED) is 0.367. The lowest BCUT2D eigenvalue weighted by atomic mass is 10.0. The highest BCUT2D eigenvalue weighted by molar-refractivity contribution is 8.22. The fraction of sp³-hybridized carbons (Fsp3) is 0.269. The summed E-state index contributed by atoms with van der Waals surface area (Å²) < 4.78 is 32.8. The molecule has 34 heavy (non-hydrogen) atoms. The molecule has 180 valence electrons. The van der Waals surface area contributed by atoms with E-state index in [2.05, 4.69) is 10.0 Å². The van der Waals surface area contributed by atoms with E-state index in [1.165, 1.54) is 7.05 Å². The van der Waals surface area contributed by atoms with Crippen LogP contribution in [-0.2, 0) is 4.79 Å². The van der Waals surface area contributed by atoms with Gasteiger partial charge in [0.05, 0.1) is 4.90 Å². The maximum Gasteiger partial charge on any atom is 0.230 e. The van der Waals surface area contributed by atoms with Gasteiger partial charge in [-0.15, -0.1) is 10.8 Å². The van der Waals surface area contributed by atoms with Gasteiger partial charge in [0.25, 0.3) is 0 Å². The van der Waals surface area contributed by atoms with Crippen LogP contribution in [0.2, 0.25) is 0 Å². The number of fused-ring (bicyclic) bond motifs is 1. The van der Waals surface area contributed by atoms with Crippen molar-refractivity contribution in [3.8, 4) is 22.6 Å². The van der Waals surface area contributed by atoms with Crippen LogP contribution in [0.1, 0.15) is 19.8 Å². The molecule has 7 nitrogen and oxygen atoms in total. The van der Waals surface area contributed by atoms with Gasteiger partial charge in [-0.3, -0.25) is 13.9 Å². The molecule has 8 heteroatoms. The van der Waals surface area contributed by atoms with Crippen molar-refractivity contribution in [2.45, 2.75) is 24.7 Å². The SMILES string of the molecule is CNS(O)(O)c1ccc(-c2cccc(NC(=O)C3(C)CC3)c2)cc1.c1ccc2c(c1)OCCO2. The van der Waals surface area contributed by atoms with Gasteiger partial charge < -0.3 is 14.8 Å². The van der Waals surface area contributed by atoms with Crippen molar-refractivity contribution in [3.05, 3.63) is 72.8 Å². The molecule has 1 saturated carbocycles. The summed E-state index contributed by atoms with van der Waals surface area (Å²) in [5, 5.41) is 2.97. The first kappa shape index (κ1) is 24.1. The predicted octanol–water partition coefficient (Wildman–Crippen LogP) is 5.79. The normalized spacial score (nSPS) is 16.0. The number of nitrogens with one attached hydrogen (secondary N) is 2. The lowest BCUT2D eigenvalue weighted by Crippen LogP contribution is -2.21. The van der Waals surface area contributed by atoms with E-state index in [9.17, 15) is 13.9 Å². The standard InChI is InChI=1S/C18H22N2O3S.C8H8O2/c1-18(10-11-18)17(21)20-15-5-3-4-14(12-15)13-6-8-16(9-7-13)24(22,23)19-2;1-2-4-8-7(3-1)9-5-6-10-8/h3-9,12,19,22-23H,10-11H2,1-2H3,(H,20,21);1-4H,5-6H2. The molecular formula is C26H30N2O5S. The molecule has 5 rings (SSSR count). The monoisotopic (exact) mass is 482 g/mol. The molecule has 0 radical (unpaired) electrons. The number of carbonyl (C=O) groups is 1. The minimum atomic E-state index is -2.94. The zero-order chi connectivity index (χ0) is 24.2. The molecule has 2 aliphatic rings. The fourth-order valence-corrected chi connectivity index (χ4v) is 4.17. The topological polar surface area (TPSA) is 100 Å². The smallest absolute Gasteiger partial charge is 0.230 e. The Hall–Kier alpha value is -3.04. The zero-order valence-corrected chi connectivity index (χ0v) is 20.1. The van der Waals surface area contributed by atoms with Crippen molar-refractivity contribution in [3.63, 3.8) is 0 Å². The Morgan fingerprint density at radius 1 is 0.882 bits per heavy atom. The number of carbonyl (C=O) groups excluding carboxylic acids is 1. The predicted molar refractivity (Wildman–Crippen MR) is 135 cm³/mol. The largest absolute Gasteiger partial charge is 0.486 e.